The van der Waals surface area contributed by atoms with Gasteiger partial charge in [-0.25, -0.2) is 5.10 Å². The average molecular weight is 286 g/mol. The number of hydrogen-bond donors (Lipinski definition) is 2. The van der Waals surface area contributed by atoms with Crippen LogP contribution in [0, 0.1) is 0 Å². The Bertz CT molecular complexity index is 687. The first-order valence-corrected chi connectivity index (χ1v) is 6.88. The highest BCUT2D eigenvalue weighted by molar-refractivity contribution is 5.67. The third-order valence-electron chi connectivity index (χ3n) is 3.36. The fraction of sp³-hybridized carbons (Fsp3) is 0.312. The van der Waals surface area contributed by atoms with Gasteiger partial charge in [0.1, 0.15) is 0 Å². The van der Waals surface area contributed by atoms with Gasteiger partial charge in [-0.3, -0.25) is 9.59 Å². The van der Waals surface area contributed by atoms with Gasteiger partial charge in [0, 0.05) is 17.5 Å². The summed E-state index contributed by atoms with van der Waals surface area (Å²) < 4.78 is 0. The van der Waals surface area contributed by atoms with Crippen molar-refractivity contribution in [2.45, 2.75) is 32.6 Å². The standard InChI is InChI=1S/C16H18N2O3/c1-10(2)11-3-5-12(6-4-11)14-9-13(7-8-15(19)20)16(21)18-17-14/h3-6,9-10H,7-8H2,1-2H3,(H,18,21)(H,19,20). The molecule has 0 saturated carbocycles. The van der Waals surface area contributed by atoms with Gasteiger partial charge in [0.2, 0.25) is 0 Å². The number of carbonyl (C=O) groups is 1. The first-order valence-electron chi connectivity index (χ1n) is 6.88. The molecule has 1 aromatic carbocycles. The number of aromatic amines is 1. The largest absolute Gasteiger partial charge is 0.481 e. The molecule has 110 valence electrons. The number of aliphatic carboxylic acids is 1. The summed E-state index contributed by atoms with van der Waals surface area (Å²) in [5.41, 5.74) is 2.88. The summed E-state index contributed by atoms with van der Waals surface area (Å²) in [7, 11) is 0. The van der Waals surface area contributed by atoms with E-state index in [2.05, 4.69) is 24.0 Å². The Balaban J connectivity index is 2.29. The molecule has 5 heteroatoms. The molecule has 0 aliphatic rings. The summed E-state index contributed by atoms with van der Waals surface area (Å²) >= 11 is 0. The minimum absolute atomic E-state index is 0.0706. The molecule has 21 heavy (non-hydrogen) atoms. The summed E-state index contributed by atoms with van der Waals surface area (Å²) in [4.78, 5) is 22.3. The van der Waals surface area contributed by atoms with Crippen molar-refractivity contribution in [3.05, 3.63) is 51.8 Å². The molecule has 0 fully saturated rings. The van der Waals surface area contributed by atoms with Crippen molar-refractivity contribution in [3.63, 3.8) is 0 Å². The number of H-pyrrole nitrogens is 1. The molecule has 0 aliphatic heterocycles. The Labute approximate surface area is 122 Å². The molecule has 0 atom stereocenters. The van der Waals surface area contributed by atoms with Crippen molar-refractivity contribution in [2.24, 2.45) is 0 Å². The molecule has 1 heterocycles. The van der Waals surface area contributed by atoms with Gasteiger partial charge in [-0.05, 0) is 24.0 Å². The number of nitrogens with zero attached hydrogens (tertiary/aromatic N) is 1. The fourth-order valence-electron chi connectivity index (χ4n) is 2.06. The van der Waals surface area contributed by atoms with Crippen LogP contribution in [0.15, 0.2) is 35.1 Å². The van der Waals surface area contributed by atoms with E-state index in [9.17, 15) is 9.59 Å². The number of rotatable bonds is 5. The van der Waals surface area contributed by atoms with Crippen LogP contribution in [-0.4, -0.2) is 21.3 Å². The molecular formula is C16H18N2O3. The molecule has 0 spiro atoms. The quantitative estimate of drug-likeness (QED) is 0.885. The van der Waals surface area contributed by atoms with Crippen LogP contribution < -0.4 is 5.56 Å². The van der Waals surface area contributed by atoms with Crippen LogP contribution in [0.1, 0.15) is 37.3 Å². The Morgan fingerprint density at radius 3 is 2.52 bits per heavy atom. The lowest BCUT2D eigenvalue weighted by Gasteiger charge is -2.07. The minimum Gasteiger partial charge on any atom is -0.481 e. The third-order valence-corrected chi connectivity index (χ3v) is 3.36. The lowest BCUT2D eigenvalue weighted by molar-refractivity contribution is -0.136. The minimum atomic E-state index is -0.922. The van der Waals surface area contributed by atoms with Gasteiger partial charge in [-0.1, -0.05) is 38.1 Å². The third kappa shape index (κ3) is 3.78. The highest BCUT2D eigenvalue weighted by Crippen LogP contribution is 2.21. The number of aryl methyl sites for hydroxylation is 1. The van der Waals surface area contributed by atoms with E-state index in [1.807, 2.05) is 24.3 Å². The van der Waals surface area contributed by atoms with Crippen LogP contribution >= 0.6 is 0 Å². The lowest BCUT2D eigenvalue weighted by atomic mass is 10.0. The zero-order chi connectivity index (χ0) is 15.4. The van der Waals surface area contributed by atoms with Gasteiger partial charge in [0.05, 0.1) is 5.69 Å². The summed E-state index contributed by atoms with van der Waals surface area (Å²) in [6, 6.07) is 9.63. The number of carboxylic acid groups (broad SMARTS) is 1. The summed E-state index contributed by atoms with van der Waals surface area (Å²) in [6.45, 7) is 4.24. The van der Waals surface area contributed by atoms with Crippen LogP contribution in [0.2, 0.25) is 0 Å². The van der Waals surface area contributed by atoms with Crippen LogP contribution in [0.25, 0.3) is 11.3 Å². The predicted molar refractivity (Wildman–Crippen MR) is 80.3 cm³/mol. The molecule has 0 unspecified atom stereocenters. The van der Waals surface area contributed by atoms with Crippen molar-refractivity contribution >= 4 is 5.97 Å². The van der Waals surface area contributed by atoms with E-state index in [0.717, 1.165) is 5.56 Å². The molecule has 0 saturated heterocycles. The van der Waals surface area contributed by atoms with Crippen LogP contribution in [0.3, 0.4) is 0 Å². The topological polar surface area (TPSA) is 83.0 Å². The molecule has 1 aromatic heterocycles. The molecule has 0 aliphatic carbocycles. The maximum absolute atomic E-state index is 11.6. The molecule has 0 bridgehead atoms. The number of carboxylic acids is 1. The van der Waals surface area contributed by atoms with Crippen molar-refractivity contribution in [2.75, 3.05) is 0 Å². The van der Waals surface area contributed by atoms with E-state index in [4.69, 9.17) is 5.11 Å². The smallest absolute Gasteiger partial charge is 0.303 e. The zero-order valence-corrected chi connectivity index (χ0v) is 12.1. The van der Waals surface area contributed by atoms with E-state index in [1.165, 1.54) is 5.56 Å². The molecule has 2 aromatic rings. The highest BCUT2D eigenvalue weighted by atomic mass is 16.4. The average Bonchev–Trinajstić information content (AvgIpc) is 2.46. The normalized spacial score (nSPS) is 10.8. The molecule has 0 radical (unpaired) electrons. The molecule has 2 N–H and O–H groups in total. The van der Waals surface area contributed by atoms with Gasteiger partial charge >= 0.3 is 5.97 Å². The van der Waals surface area contributed by atoms with E-state index in [-0.39, 0.29) is 18.4 Å². The second-order valence-corrected chi connectivity index (χ2v) is 5.28. The van der Waals surface area contributed by atoms with Crippen molar-refractivity contribution in [1.82, 2.24) is 10.2 Å². The lowest BCUT2D eigenvalue weighted by Crippen LogP contribution is -2.15. The predicted octanol–water partition coefficient (Wildman–Crippen LogP) is 2.58. The number of nitrogens with one attached hydrogen (secondary N) is 1. The summed E-state index contributed by atoms with van der Waals surface area (Å²) in [6.07, 6.45) is 0.128. The molecule has 5 nitrogen and oxygen atoms in total. The van der Waals surface area contributed by atoms with Gasteiger partial charge in [0.15, 0.2) is 0 Å². The first kappa shape index (κ1) is 15.0. The van der Waals surface area contributed by atoms with E-state index in [0.29, 0.717) is 17.2 Å². The van der Waals surface area contributed by atoms with E-state index in [1.54, 1.807) is 6.07 Å². The fourth-order valence-corrected chi connectivity index (χ4v) is 2.06. The van der Waals surface area contributed by atoms with Crippen molar-refractivity contribution < 1.29 is 9.90 Å². The van der Waals surface area contributed by atoms with Crippen molar-refractivity contribution in [3.8, 4) is 11.3 Å². The number of hydrogen-bond acceptors (Lipinski definition) is 3. The highest BCUT2D eigenvalue weighted by Gasteiger charge is 2.08. The molecule has 2 rings (SSSR count). The maximum Gasteiger partial charge on any atom is 0.303 e. The molecule has 0 amide bonds. The zero-order valence-electron chi connectivity index (χ0n) is 12.1. The first-order chi connectivity index (χ1) is 9.97. The SMILES string of the molecule is CC(C)c1ccc(-c2cc(CCC(=O)O)c(=O)[nH]n2)cc1. The summed E-state index contributed by atoms with van der Waals surface area (Å²) in [5, 5.41) is 15.2. The Morgan fingerprint density at radius 2 is 1.95 bits per heavy atom. The van der Waals surface area contributed by atoms with Gasteiger partial charge in [-0.15, -0.1) is 0 Å². The van der Waals surface area contributed by atoms with Crippen molar-refractivity contribution in [1.29, 1.82) is 0 Å². The van der Waals surface area contributed by atoms with Crippen LogP contribution in [-0.2, 0) is 11.2 Å². The monoisotopic (exact) mass is 286 g/mol. The maximum atomic E-state index is 11.6. The molecular weight excluding hydrogens is 268 g/mol. The summed E-state index contributed by atoms with van der Waals surface area (Å²) in [5.74, 6) is -0.470. The second kappa shape index (κ2) is 6.35. The van der Waals surface area contributed by atoms with Gasteiger partial charge < -0.3 is 5.11 Å². The Hall–Kier alpha value is -2.43. The van der Waals surface area contributed by atoms with Gasteiger partial charge in [0.25, 0.3) is 5.56 Å². The number of benzene rings is 1. The van der Waals surface area contributed by atoms with Crippen LogP contribution in [0.5, 0.6) is 0 Å². The van der Waals surface area contributed by atoms with Crippen LogP contribution in [0.4, 0.5) is 0 Å². The van der Waals surface area contributed by atoms with Gasteiger partial charge in [-0.2, -0.15) is 5.10 Å². The van der Waals surface area contributed by atoms with E-state index < -0.39 is 5.97 Å². The Morgan fingerprint density at radius 1 is 1.29 bits per heavy atom. The Kier molecular flexibility index (Phi) is 4.52. The second-order valence-electron chi connectivity index (χ2n) is 5.28. The number of aromatic nitrogens is 2. The van der Waals surface area contributed by atoms with E-state index >= 15 is 0 Å².